The first kappa shape index (κ1) is 26.4. The van der Waals surface area contributed by atoms with Crippen LogP contribution in [0, 0.1) is 23.1 Å². The normalized spacial score (nSPS) is 29.6. The van der Waals surface area contributed by atoms with E-state index in [1.807, 2.05) is 16.7 Å². The molecule has 38 heavy (non-hydrogen) atoms. The number of benzene rings is 1. The van der Waals surface area contributed by atoms with Crippen molar-refractivity contribution in [2.75, 3.05) is 13.1 Å². The van der Waals surface area contributed by atoms with Gasteiger partial charge in [-0.1, -0.05) is 19.1 Å². The Morgan fingerprint density at radius 1 is 1.21 bits per heavy atom. The van der Waals surface area contributed by atoms with Crippen LogP contribution in [0.1, 0.15) is 65.0 Å². The van der Waals surface area contributed by atoms with E-state index < -0.39 is 29.8 Å². The average molecular weight is 526 g/mol. The molecular weight excluding hydrogens is 489 g/mol. The number of fused-ring (bicyclic) bond motifs is 3. The van der Waals surface area contributed by atoms with Crippen molar-refractivity contribution < 1.29 is 23.5 Å². The average Bonchev–Trinajstić information content (AvgIpc) is 3.17. The monoisotopic (exact) mass is 525 g/mol. The van der Waals surface area contributed by atoms with E-state index in [-0.39, 0.29) is 42.3 Å². The molecule has 3 aliphatic heterocycles. The number of amides is 3. The highest BCUT2D eigenvalue weighted by molar-refractivity contribution is 5.89. The smallest absolute Gasteiger partial charge is 0.408 e. The van der Waals surface area contributed by atoms with Crippen LogP contribution >= 0.6 is 0 Å². The zero-order chi connectivity index (χ0) is 27.4. The Hall–Kier alpha value is -3.19. The zero-order valence-corrected chi connectivity index (χ0v) is 22.4. The second kappa shape index (κ2) is 9.84. The molecule has 204 valence electrons. The number of nitrogens with zero attached hydrogens (tertiary/aromatic N) is 4. The van der Waals surface area contributed by atoms with E-state index in [4.69, 9.17) is 4.74 Å². The SMILES string of the molecule is CC[C@@H](c1ccc(F)cc1)N1C(=O)[C@H]2C[C@@H]1CN2C[C@H](NC(=O)OC(C)(C)C)C(=O)N1[C@H](C#N)C[C@@H]2C[C@@H]21. The Morgan fingerprint density at radius 3 is 2.53 bits per heavy atom. The Morgan fingerprint density at radius 2 is 1.92 bits per heavy atom. The summed E-state index contributed by atoms with van der Waals surface area (Å²) in [6.45, 7) is 8.00. The second-order valence-corrected chi connectivity index (χ2v) is 12.0. The summed E-state index contributed by atoms with van der Waals surface area (Å²) in [5, 5.41) is 12.4. The highest BCUT2D eigenvalue weighted by atomic mass is 19.1. The highest BCUT2D eigenvalue weighted by Gasteiger charge is 2.56. The number of ether oxygens (including phenoxy) is 1. The lowest BCUT2D eigenvalue weighted by molar-refractivity contribution is -0.142. The molecule has 4 fully saturated rings. The molecule has 0 spiro atoms. The number of piperidine rings is 1. The van der Waals surface area contributed by atoms with Crippen molar-refractivity contribution in [3.8, 4) is 6.07 Å². The minimum atomic E-state index is -0.931. The van der Waals surface area contributed by atoms with Gasteiger partial charge in [0.1, 0.15) is 23.5 Å². The molecule has 1 aliphatic carbocycles. The molecule has 10 heteroatoms. The van der Waals surface area contributed by atoms with Gasteiger partial charge in [-0.3, -0.25) is 14.5 Å². The molecule has 0 radical (unpaired) electrons. The van der Waals surface area contributed by atoms with Crippen LogP contribution in [0.3, 0.4) is 0 Å². The van der Waals surface area contributed by atoms with E-state index in [2.05, 4.69) is 11.4 Å². The Kier molecular flexibility index (Phi) is 6.84. The van der Waals surface area contributed by atoms with E-state index in [9.17, 15) is 24.0 Å². The number of piperazine rings is 1. The van der Waals surface area contributed by atoms with E-state index in [0.29, 0.717) is 31.7 Å². The van der Waals surface area contributed by atoms with Crippen LogP contribution in [-0.2, 0) is 14.3 Å². The van der Waals surface area contributed by atoms with Crippen LogP contribution in [-0.4, -0.2) is 81.5 Å². The molecule has 2 bridgehead atoms. The van der Waals surface area contributed by atoms with Crippen molar-refractivity contribution in [2.45, 2.75) is 95.2 Å². The van der Waals surface area contributed by atoms with Crippen molar-refractivity contribution in [1.29, 1.82) is 5.26 Å². The van der Waals surface area contributed by atoms with Gasteiger partial charge in [-0.25, -0.2) is 9.18 Å². The van der Waals surface area contributed by atoms with Gasteiger partial charge in [-0.15, -0.1) is 0 Å². The summed E-state index contributed by atoms with van der Waals surface area (Å²) in [5.74, 6) is -0.274. The zero-order valence-electron chi connectivity index (χ0n) is 22.4. The van der Waals surface area contributed by atoms with Gasteiger partial charge >= 0.3 is 6.09 Å². The van der Waals surface area contributed by atoms with Crippen molar-refractivity contribution in [2.24, 2.45) is 5.92 Å². The Bertz CT molecular complexity index is 1150. The number of carbonyl (C=O) groups excluding carboxylic acids is 3. The number of hydrogen-bond acceptors (Lipinski definition) is 6. The van der Waals surface area contributed by atoms with Gasteiger partial charge in [-0.05, 0) is 70.1 Å². The molecule has 3 amide bonds. The molecule has 9 nitrogen and oxygen atoms in total. The number of hydrogen-bond donors (Lipinski definition) is 1. The molecule has 7 atom stereocenters. The van der Waals surface area contributed by atoms with Crippen molar-refractivity contribution in [3.05, 3.63) is 35.6 Å². The minimum absolute atomic E-state index is 0.0146. The lowest BCUT2D eigenvalue weighted by Gasteiger charge is -2.40. The predicted octanol–water partition coefficient (Wildman–Crippen LogP) is 2.97. The molecule has 1 saturated carbocycles. The summed E-state index contributed by atoms with van der Waals surface area (Å²) in [6, 6.07) is 6.56. The summed E-state index contributed by atoms with van der Waals surface area (Å²) >= 11 is 0. The van der Waals surface area contributed by atoms with Gasteiger partial charge in [0.05, 0.1) is 18.2 Å². The van der Waals surface area contributed by atoms with E-state index in [1.54, 1.807) is 37.8 Å². The van der Waals surface area contributed by atoms with Crippen molar-refractivity contribution in [1.82, 2.24) is 20.0 Å². The summed E-state index contributed by atoms with van der Waals surface area (Å²) < 4.78 is 18.9. The van der Waals surface area contributed by atoms with Crippen LogP contribution in [0.2, 0.25) is 0 Å². The van der Waals surface area contributed by atoms with Crippen molar-refractivity contribution >= 4 is 17.9 Å². The third-order valence-corrected chi connectivity index (χ3v) is 8.21. The molecule has 1 aromatic carbocycles. The number of carbonyl (C=O) groups is 3. The van der Waals surface area contributed by atoms with Crippen molar-refractivity contribution in [3.63, 3.8) is 0 Å². The summed E-state index contributed by atoms with van der Waals surface area (Å²) in [4.78, 5) is 45.5. The van der Waals surface area contributed by atoms with E-state index >= 15 is 0 Å². The number of nitrogens with one attached hydrogen (secondary N) is 1. The van der Waals surface area contributed by atoms with E-state index in [0.717, 1.165) is 12.0 Å². The van der Waals surface area contributed by atoms with Gasteiger partial charge in [0.15, 0.2) is 0 Å². The number of nitriles is 1. The summed E-state index contributed by atoms with van der Waals surface area (Å²) in [6.07, 6.45) is 2.19. The lowest BCUT2D eigenvalue weighted by Crippen LogP contribution is -2.59. The van der Waals surface area contributed by atoms with Crippen LogP contribution in [0.5, 0.6) is 0 Å². The molecule has 3 saturated heterocycles. The first-order valence-electron chi connectivity index (χ1n) is 13.5. The summed E-state index contributed by atoms with van der Waals surface area (Å²) in [7, 11) is 0. The maximum absolute atomic E-state index is 13.7. The predicted molar refractivity (Wildman–Crippen MR) is 136 cm³/mol. The van der Waals surface area contributed by atoms with Gasteiger partial charge in [0.25, 0.3) is 0 Å². The van der Waals surface area contributed by atoms with Crippen LogP contribution in [0.25, 0.3) is 0 Å². The molecular formula is C28H36FN5O4. The van der Waals surface area contributed by atoms with Gasteiger partial charge in [-0.2, -0.15) is 5.26 Å². The van der Waals surface area contributed by atoms with Gasteiger partial charge in [0, 0.05) is 25.2 Å². The number of halogens is 1. The Balaban J connectivity index is 1.32. The topological polar surface area (TPSA) is 106 Å². The lowest BCUT2D eigenvalue weighted by atomic mass is 10.0. The van der Waals surface area contributed by atoms with Crippen LogP contribution < -0.4 is 5.32 Å². The fourth-order valence-electron chi connectivity index (χ4n) is 6.52. The molecule has 1 aromatic rings. The molecule has 0 unspecified atom stereocenters. The fourth-order valence-corrected chi connectivity index (χ4v) is 6.52. The molecule has 4 aliphatic rings. The molecule has 5 rings (SSSR count). The maximum atomic E-state index is 13.7. The van der Waals surface area contributed by atoms with Gasteiger partial charge < -0.3 is 19.9 Å². The molecule has 1 N–H and O–H groups in total. The third-order valence-electron chi connectivity index (χ3n) is 8.21. The van der Waals surface area contributed by atoms with Gasteiger partial charge in [0.2, 0.25) is 11.8 Å². The standard InChI is InChI=1S/C28H36FN5O4/c1-5-22(16-6-8-18(29)9-7-16)34-20-12-24(26(34)36)32(14-20)15-21(31-27(37)38-28(2,3)4)25(35)33-19(13-30)10-17-11-23(17)33/h6-9,17,19-24H,5,10-12,14-15H2,1-4H3,(H,31,37)/t17-,19+,20-,21+,22+,23+,24-/m1/s1. The minimum Gasteiger partial charge on any atom is -0.444 e. The van der Waals surface area contributed by atoms with E-state index in [1.165, 1.54) is 12.1 Å². The summed E-state index contributed by atoms with van der Waals surface area (Å²) in [5.41, 5.74) is 0.164. The van der Waals surface area contributed by atoms with Crippen LogP contribution in [0.4, 0.5) is 9.18 Å². The third kappa shape index (κ3) is 4.96. The first-order valence-corrected chi connectivity index (χ1v) is 13.5. The largest absolute Gasteiger partial charge is 0.444 e. The molecule has 0 aromatic heterocycles. The second-order valence-electron chi connectivity index (χ2n) is 12.0. The maximum Gasteiger partial charge on any atom is 0.408 e. The highest BCUT2D eigenvalue weighted by Crippen LogP contribution is 2.48. The first-order chi connectivity index (χ1) is 18.0. The van der Waals surface area contributed by atoms with Crippen LogP contribution in [0.15, 0.2) is 24.3 Å². The number of alkyl carbamates (subject to hydrolysis) is 1. The fraction of sp³-hybridized carbons (Fsp3) is 0.643. The molecule has 3 heterocycles. The quantitative estimate of drug-likeness (QED) is 0.587. The number of likely N-dealkylation sites (tertiary alicyclic amines) is 3. The Labute approximate surface area is 222 Å². The number of rotatable bonds is 7.